The molecule has 0 bridgehead atoms. The smallest absolute Gasteiger partial charge is 0.338 e. The molecule has 0 amide bonds. The van der Waals surface area contributed by atoms with E-state index < -0.39 is 0 Å². The molecule has 7 heteroatoms. The predicted molar refractivity (Wildman–Crippen MR) is 122 cm³/mol. The Kier molecular flexibility index (Phi) is 6.94. The first-order valence-corrected chi connectivity index (χ1v) is 11.4. The predicted octanol–water partition coefficient (Wildman–Crippen LogP) is 3.13. The van der Waals surface area contributed by atoms with Crippen LogP contribution in [0.2, 0.25) is 0 Å². The monoisotopic (exact) mass is 428 g/mol. The van der Waals surface area contributed by atoms with Crippen LogP contribution in [0.1, 0.15) is 0 Å². The maximum Gasteiger partial charge on any atom is 0.338 e. The molecule has 1 aliphatic heterocycles. The van der Waals surface area contributed by atoms with Crippen molar-refractivity contribution in [1.29, 1.82) is 0 Å². The van der Waals surface area contributed by atoms with E-state index in [-0.39, 0.29) is 17.8 Å². The first-order valence-electron chi connectivity index (χ1n) is 10.3. The van der Waals surface area contributed by atoms with Gasteiger partial charge in [0.05, 0.1) is 12.3 Å². The largest absolute Gasteiger partial charge is 0.423 e. The molecule has 2 aromatic rings. The standard InChI is InChI=1S/C23H28N2O4S/c1-24(19-16-23(26)29-20-6-4-3-5-18(19)20)17-7-8-21(27-2)22(15-17)28-12-9-25-10-13-30-14-11-25/h3-8,15-16,21-22H,9-14H2,1-2H3. The molecule has 1 aliphatic carbocycles. The highest BCUT2D eigenvalue weighted by Gasteiger charge is 2.24. The van der Waals surface area contributed by atoms with E-state index in [4.69, 9.17) is 13.9 Å². The van der Waals surface area contributed by atoms with Crippen LogP contribution in [0.25, 0.3) is 11.0 Å². The maximum atomic E-state index is 12.1. The summed E-state index contributed by atoms with van der Waals surface area (Å²) in [7, 11) is 3.65. The first-order chi connectivity index (χ1) is 14.7. The zero-order valence-corrected chi connectivity index (χ0v) is 18.3. The minimum Gasteiger partial charge on any atom is -0.423 e. The quantitative estimate of drug-likeness (QED) is 0.628. The molecule has 4 rings (SSSR count). The molecule has 0 spiro atoms. The number of rotatable bonds is 7. The second kappa shape index (κ2) is 9.83. The number of ether oxygens (including phenoxy) is 2. The van der Waals surface area contributed by atoms with E-state index in [0.29, 0.717) is 12.2 Å². The molecule has 2 unspecified atom stereocenters. The molecule has 2 atom stereocenters. The van der Waals surface area contributed by atoms with Gasteiger partial charge in [-0.2, -0.15) is 11.8 Å². The van der Waals surface area contributed by atoms with Crippen molar-refractivity contribution in [1.82, 2.24) is 4.90 Å². The highest BCUT2D eigenvalue weighted by Crippen LogP contribution is 2.29. The van der Waals surface area contributed by atoms with Crippen molar-refractivity contribution >= 4 is 28.4 Å². The molecule has 160 valence electrons. The van der Waals surface area contributed by atoms with Gasteiger partial charge in [-0.1, -0.05) is 18.2 Å². The van der Waals surface area contributed by atoms with Gasteiger partial charge in [-0.15, -0.1) is 0 Å². The average Bonchev–Trinajstić information content (AvgIpc) is 2.78. The highest BCUT2D eigenvalue weighted by atomic mass is 32.2. The van der Waals surface area contributed by atoms with Gasteiger partial charge in [0.15, 0.2) is 0 Å². The fourth-order valence-electron chi connectivity index (χ4n) is 3.85. The van der Waals surface area contributed by atoms with Crippen LogP contribution < -0.4 is 10.5 Å². The molecule has 2 aliphatic rings. The number of hydrogen-bond acceptors (Lipinski definition) is 7. The van der Waals surface area contributed by atoms with Crippen LogP contribution in [0.4, 0.5) is 5.69 Å². The number of hydrogen-bond donors (Lipinski definition) is 0. The minimum atomic E-state index is -0.363. The molecular formula is C23H28N2O4S. The van der Waals surface area contributed by atoms with E-state index in [2.05, 4.69) is 11.0 Å². The minimum absolute atomic E-state index is 0.128. The Morgan fingerprint density at radius 3 is 2.83 bits per heavy atom. The van der Waals surface area contributed by atoms with Crippen molar-refractivity contribution in [2.75, 3.05) is 56.8 Å². The number of methoxy groups -OCH3 is 1. The second-order valence-corrected chi connectivity index (χ2v) is 8.67. The van der Waals surface area contributed by atoms with Gasteiger partial charge in [-0.25, -0.2) is 4.79 Å². The fraction of sp³-hybridized carbons (Fsp3) is 0.435. The summed E-state index contributed by atoms with van der Waals surface area (Å²) in [5.41, 5.74) is 1.98. The van der Waals surface area contributed by atoms with Gasteiger partial charge in [0.2, 0.25) is 0 Å². The number of nitrogens with zero attached hydrogens (tertiary/aromatic N) is 2. The number of anilines is 1. The summed E-state index contributed by atoms with van der Waals surface area (Å²) in [5.74, 6) is 2.39. The molecule has 1 aromatic heterocycles. The molecule has 6 nitrogen and oxygen atoms in total. The van der Waals surface area contributed by atoms with Gasteiger partial charge in [0.1, 0.15) is 17.8 Å². The summed E-state index contributed by atoms with van der Waals surface area (Å²) in [6.07, 6.45) is 5.80. The summed E-state index contributed by atoms with van der Waals surface area (Å²) in [4.78, 5) is 16.5. The van der Waals surface area contributed by atoms with E-state index in [1.807, 2.05) is 60.1 Å². The lowest BCUT2D eigenvalue weighted by Crippen LogP contribution is -2.38. The van der Waals surface area contributed by atoms with Crippen molar-refractivity contribution in [2.45, 2.75) is 12.2 Å². The molecule has 1 saturated heterocycles. The maximum absolute atomic E-state index is 12.1. The third-order valence-corrected chi connectivity index (χ3v) is 6.53. The lowest BCUT2D eigenvalue weighted by Gasteiger charge is -2.31. The van der Waals surface area contributed by atoms with Gasteiger partial charge >= 0.3 is 5.63 Å². The van der Waals surface area contributed by atoms with Crippen LogP contribution in [-0.2, 0) is 9.47 Å². The lowest BCUT2D eigenvalue weighted by molar-refractivity contribution is -0.0171. The summed E-state index contributed by atoms with van der Waals surface area (Å²) >= 11 is 2.01. The van der Waals surface area contributed by atoms with E-state index in [0.717, 1.165) is 36.4 Å². The first kappa shape index (κ1) is 21.2. The van der Waals surface area contributed by atoms with Crippen LogP contribution in [0.3, 0.4) is 0 Å². The van der Waals surface area contributed by atoms with Crippen LogP contribution in [0, 0.1) is 0 Å². The third kappa shape index (κ3) is 4.81. The summed E-state index contributed by atoms with van der Waals surface area (Å²) in [6.45, 7) is 3.84. The number of allylic oxidation sites excluding steroid dienone is 1. The SMILES string of the molecule is COC1C=CC(N(C)c2cc(=O)oc3ccccc23)=CC1OCCN1CCSCC1. The molecular weight excluding hydrogens is 400 g/mol. The Bertz CT molecular complexity index is 981. The highest BCUT2D eigenvalue weighted by molar-refractivity contribution is 7.99. The summed E-state index contributed by atoms with van der Waals surface area (Å²) in [6, 6.07) is 9.11. The normalized spacial score (nSPS) is 22.3. The van der Waals surface area contributed by atoms with Gasteiger partial charge in [0, 0.05) is 62.4 Å². The van der Waals surface area contributed by atoms with Crippen molar-refractivity contribution < 1.29 is 13.9 Å². The summed E-state index contributed by atoms with van der Waals surface area (Å²) in [5, 5.41) is 0.892. The number of likely N-dealkylation sites (N-methyl/N-ethyl adjacent to an activating group) is 1. The van der Waals surface area contributed by atoms with Crippen LogP contribution in [0.15, 0.2) is 63.5 Å². The van der Waals surface area contributed by atoms with Gasteiger partial charge in [-0.05, 0) is 24.3 Å². The molecule has 30 heavy (non-hydrogen) atoms. The van der Waals surface area contributed by atoms with E-state index in [9.17, 15) is 4.79 Å². The Balaban J connectivity index is 1.51. The Morgan fingerprint density at radius 1 is 1.23 bits per heavy atom. The third-order valence-electron chi connectivity index (χ3n) is 5.59. The van der Waals surface area contributed by atoms with Crippen LogP contribution >= 0.6 is 11.8 Å². The van der Waals surface area contributed by atoms with Crippen molar-refractivity contribution in [3.05, 3.63) is 64.7 Å². The number of benzene rings is 1. The van der Waals surface area contributed by atoms with E-state index in [1.54, 1.807) is 7.11 Å². The van der Waals surface area contributed by atoms with Gasteiger partial charge in [-0.3, -0.25) is 4.90 Å². The molecule has 0 radical (unpaired) electrons. The molecule has 0 saturated carbocycles. The topological polar surface area (TPSA) is 55.1 Å². The number of para-hydroxylation sites is 1. The lowest BCUT2D eigenvalue weighted by atomic mass is 10.0. The average molecular weight is 429 g/mol. The number of thioether (sulfide) groups is 1. The van der Waals surface area contributed by atoms with Crippen molar-refractivity contribution in [2.24, 2.45) is 0 Å². The molecule has 0 N–H and O–H groups in total. The Hall–Kier alpha value is -2.06. The van der Waals surface area contributed by atoms with E-state index in [1.165, 1.54) is 17.6 Å². The number of fused-ring (bicyclic) bond motifs is 1. The van der Waals surface area contributed by atoms with Gasteiger partial charge < -0.3 is 18.8 Å². The van der Waals surface area contributed by atoms with E-state index >= 15 is 0 Å². The van der Waals surface area contributed by atoms with Crippen LogP contribution in [0.5, 0.6) is 0 Å². The van der Waals surface area contributed by atoms with Crippen LogP contribution in [-0.4, -0.2) is 69.0 Å². The molecule has 2 heterocycles. The molecule has 1 aromatic carbocycles. The Labute approximate surface area is 181 Å². The second-order valence-electron chi connectivity index (χ2n) is 7.45. The fourth-order valence-corrected chi connectivity index (χ4v) is 4.83. The zero-order valence-electron chi connectivity index (χ0n) is 17.5. The van der Waals surface area contributed by atoms with Gasteiger partial charge in [0.25, 0.3) is 0 Å². The Morgan fingerprint density at radius 2 is 2.03 bits per heavy atom. The molecule has 1 fully saturated rings. The van der Waals surface area contributed by atoms with Crippen molar-refractivity contribution in [3.63, 3.8) is 0 Å². The van der Waals surface area contributed by atoms with Crippen molar-refractivity contribution in [3.8, 4) is 0 Å². The summed E-state index contributed by atoms with van der Waals surface area (Å²) < 4.78 is 17.2. The zero-order chi connectivity index (χ0) is 20.9.